The van der Waals surface area contributed by atoms with Crippen LogP contribution in [0.1, 0.15) is 26.4 Å². The summed E-state index contributed by atoms with van der Waals surface area (Å²) in [4.78, 5) is 29.7. The van der Waals surface area contributed by atoms with Gasteiger partial charge in [-0.2, -0.15) is 0 Å². The Bertz CT molecular complexity index is 640. The molecule has 0 aliphatic rings. The molecule has 0 radical (unpaired) electrons. The van der Waals surface area contributed by atoms with Crippen LogP contribution in [0.5, 0.6) is 0 Å². The Kier molecular flexibility index (Phi) is 3.90. The number of amides is 1. The Morgan fingerprint density at radius 2 is 1.80 bits per heavy atom. The average Bonchev–Trinajstić information content (AvgIpc) is 2.45. The number of anilines is 1. The lowest BCUT2D eigenvalue weighted by atomic mass is 10.1. The fraction of sp³-hybridized carbons (Fsp3) is 0.0769. The molecular formula is C13H12N4O3. The Morgan fingerprint density at radius 1 is 1.15 bits per heavy atom. The predicted molar refractivity (Wildman–Crippen MR) is 71.3 cm³/mol. The van der Waals surface area contributed by atoms with Gasteiger partial charge < -0.3 is 16.2 Å². The van der Waals surface area contributed by atoms with Gasteiger partial charge in [0, 0.05) is 18.9 Å². The highest BCUT2D eigenvalue weighted by Gasteiger charge is 2.10. The van der Waals surface area contributed by atoms with Crippen LogP contribution in [-0.2, 0) is 6.54 Å². The Labute approximate surface area is 114 Å². The molecule has 2 rings (SSSR count). The number of aromatic carboxylic acids is 1. The maximum atomic E-state index is 11.2. The number of carboxylic acids is 1. The van der Waals surface area contributed by atoms with Crippen LogP contribution in [0.25, 0.3) is 0 Å². The SMILES string of the molecule is NC(=O)c1nccnc1NCc1ccc(C(=O)O)cc1. The second-order valence-corrected chi connectivity index (χ2v) is 3.97. The van der Waals surface area contributed by atoms with Gasteiger partial charge in [-0.15, -0.1) is 0 Å². The van der Waals surface area contributed by atoms with Gasteiger partial charge in [-0.1, -0.05) is 12.1 Å². The van der Waals surface area contributed by atoms with E-state index in [2.05, 4.69) is 15.3 Å². The lowest BCUT2D eigenvalue weighted by Gasteiger charge is -2.08. The van der Waals surface area contributed by atoms with Crippen molar-refractivity contribution >= 4 is 17.7 Å². The fourth-order valence-corrected chi connectivity index (χ4v) is 1.60. The van der Waals surface area contributed by atoms with E-state index in [1.165, 1.54) is 24.5 Å². The first-order chi connectivity index (χ1) is 9.58. The maximum absolute atomic E-state index is 11.2. The molecule has 0 aliphatic carbocycles. The fourth-order valence-electron chi connectivity index (χ4n) is 1.60. The zero-order valence-corrected chi connectivity index (χ0v) is 10.4. The number of carbonyl (C=O) groups excluding carboxylic acids is 1. The van der Waals surface area contributed by atoms with Crippen molar-refractivity contribution in [3.05, 3.63) is 53.5 Å². The Balaban J connectivity index is 2.09. The van der Waals surface area contributed by atoms with Crippen LogP contribution in [0, 0.1) is 0 Å². The average molecular weight is 272 g/mol. The van der Waals surface area contributed by atoms with Crippen molar-refractivity contribution in [2.45, 2.75) is 6.54 Å². The molecule has 4 N–H and O–H groups in total. The van der Waals surface area contributed by atoms with Crippen molar-refractivity contribution < 1.29 is 14.7 Å². The summed E-state index contributed by atoms with van der Waals surface area (Å²) in [5.74, 6) is -1.35. The second-order valence-electron chi connectivity index (χ2n) is 3.97. The first-order valence-electron chi connectivity index (χ1n) is 5.75. The molecule has 7 nitrogen and oxygen atoms in total. The van der Waals surface area contributed by atoms with E-state index < -0.39 is 11.9 Å². The van der Waals surface area contributed by atoms with Crippen molar-refractivity contribution in [3.63, 3.8) is 0 Å². The number of hydrogen-bond acceptors (Lipinski definition) is 5. The van der Waals surface area contributed by atoms with Gasteiger partial charge in [0.05, 0.1) is 5.56 Å². The van der Waals surface area contributed by atoms with Crippen molar-refractivity contribution in [1.82, 2.24) is 9.97 Å². The van der Waals surface area contributed by atoms with Crippen molar-refractivity contribution in [2.75, 3.05) is 5.32 Å². The summed E-state index contributed by atoms with van der Waals surface area (Å²) < 4.78 is 0. The smallest absolute Gasteiger partial charge is 0.335 e. The number of nitrogens with zero attached hydrogens (tertiary/aromatic N) is 2. The molecule has 0 fully saturated rings. The van der Waals surface area contributed by atoms with Crippen molar-refractivity contribution in [3.8, 4) is 0 Å². The quantitative estimate of drug-likeness (QED) is 0.743. The molecule has 0 spiro atoms. The van der Waals surface area contributed by atoms with Gasteiger partial charge in [-0.3, -0.25) is 4.79 Å². The Hall–Kier alpha value is -2.96. The first kappa shape index (κ1) is 13.5. The van der Waals surface area contributed by atoms with E-state index in [9.17, 15) is 9.59 Å². The monoisotopic (exact) mass is 272 g/mol. The summed E-state index contributed by atoms with van der Waals surface area (Å²) in [6, 6.07) is 6.36. The van der Waals surface area contributed by atoms with Crippen LogP contribution in [-0.4, -0.2) is 27.0 Å². The minimum absolute atomic E-state index is 0.0645. The van der Waals surface area contributed by atoms with E-state index in [1.54, 1.807) is 12.1 Å². The van der Waals surface area contributed by atoms with E-state index >= 15 is 0 Å². The topological polar surface area (TPSA) is 118 Å². The van der Waals surface area contributed by atoms with Gasteiger partial charge in [0.1, 0.15) is 0 Å². The van der Waals surface area contributed by atoms with Gasteiger partial charge in [0.15, 0.2) is 11.5 Å². The largest absolute Gasteiger partial charge is 0.478 e. The van der Waals surface area contributed by atoms with Crippen LogP contribution < -0.4 is 11.1 Å². The minimum atomic E-state index is -0.977. The van der Waals surface area contributed by atoms with E-state index in [1.807, 2.05) is 0 Å². The number of carbonyl (C=O) groups is 2. The molecule has 0 saturated heterocycles. The van der Waals surface area contributed by atoms with Gasteiger partial charge in [0.25, 0.3) is 5.91 Å². The molecule has 0 bridgehead atoms. The van der Waals surface area contributed by atoms with E-state index in [4.69, 9.17) is 10.8 Å². The molecule has 1 amide bonds. The molecular weight excluding hydrogens is 260 g/mol. The highest BCUT2D eigenvalue weighted by Crippen LogP contribution is 2.10. The summed E-state index contributed by atoms with van der Waals surface area (Å²) in [6.45, 7) is 0.374. The van der Waals surface area contributed by atoms with Crippen molar-refractivity contribution in [2.24, 2.45) is 5.73 Å². The summed E-state index contributed by atoms with van der Waals surface area (Å²) >= 11 is 0. The summed E-state index contributed by atoms with van der Waals surface area (Å²) in [6.07, 6.45) is 2.83. The predicted octanol–water partition coefficient (Wildman–Crippen LogP) is 0.886. The van der Waals surface area contributed by atoms with E-state index in [0.717, 1.165) is 5.56 Å². The van der Waals surface area contributed by atoms with Gasteiger partial charge in [-0.05, 0) is 17.7 Å². The van der Waals surface area contributed by atoms with Crippen LogP contribution in [0.4, 0.5) is 5.82 Å². The van der Waals surface area contributed by atoms with Crippen LogP contribution in [0.3, 0.4) is 0 Å². The molecule has 0 saturated carbocycles. The number of carboxylic acid groups (broad SMARTS) is 1. The molecule has 0 atom stereocenters. The van der Waals surface area contributed by atoms with Gasteiger partial charge in [0.2, 0.25) is 0 Å². The minimum Gasteiger partial charge on any atom is -0.478 e. The van der Waals surface area contributed by atoms with E-state index in [-0.39, 0.29) is 11.3 Å². The molecule has 0 aliphatic heterocycles. The number of nitrogens with one attached hydrogen (secondary N) is 1. The normalized spacial score (nSPS) is 10.0. The molecule has 2 aromatic rings. The maximum Gasteiger partial charge on any atom is 0.335 e. The Morgan fingerprint density at radius 3 is 2.40 bits per heavy atom. The highest BCUT2D eigenvalue weighted by atomic mass is 16.4. The third-order valence-corrected chi connectivity index (χ3v) is 2.59. The van der Waals surface area contributed by atoms with E-state index in [0.29, 0.717) is 12.4 Å². The molecule has 1 aromatic carbocycles. The number of rotatable bonds is 5. The molecule has 1 heterocycles. The lowest BCUT2D eigenvalue weighted by Crippen LogP contribution is -2.17. The van der Waals surface area contributed by atoms with Crippen LogP contribution in [0.15, 0.2) is 36.7 Å². The van der Waals surface area contributed by atoms with Gasteiger partial charge >= 0.3 is 5.97 Å². The number of benzene rings is 1. The lowest BCUT2D eigenvalue weighted by molar-refractivity contribution is 0.0696. The van der Waals surface area contributed by atoms with Crippen LogP contribution in [0.2, 0.25) is 0 Å². The third kappa shape index (κ3) is 3.08. The van der Waals surface area contributed by atoms with Gasteiger partial charge in [-0.25, -0.2) is 14.8 Å². The highest BCUT2D eigenvalue weighted by molar-refractivity contribution is 5.95. The molecule has 102 valence electrons. The molecule has 20 heavy (non-hydrogen) atoms. The first-order valence-corrected chi connectivity index (χ1v) is 5.75. The number of nitrogens with two attached hydrogens (primary N) is 1. The summed E-state index contributed by atoms with van der Waals surface area (Å²) in [7, 11) is 0. The standard InChI is InChI=1S/C13H12N4O3/c14-11(18)10-12(16-6-5-15-10)17-7-8-1-3-9(4-2-8)13(19)20/h1-6H,7H2,(H2,14,18)(H,16,17)(H,19,20). The molecule has 1 aromatic heterocycles. The van der Waals surface area contributed by atoms with Crippen molar-refractivity contribution in [1.29, 1.82) is 0 Å². The third-order valence-electron chi connectivity index (χ3n) is 2.59. The summed E-state index contributed by atoms with van der Waals surface area (Å²) in [5, 5.41) is 11.7. The number of aromatic nitrogens is 2. The molecule has 0 unspecified atom stereocenters. The van der Waals surface area contributed by atoms with Crippen LogP contribution >= 0.6 is 0 Å². The second kappa shape index (κ2) is 5.79. The number of primary amides is 1. The zero-order chi connectivity index (χ0) is 14.5. The zero-order valence-electron chi connectivity index (χ0n) is 10.4. The summed E-state index contributed by atoms with van der Waals surface area (Å²) in [5.41, 5.74) is 6.31. The number of hydrogen-bond donors (Lipinski definition) is 3. The molecule has 7 heteroatoms.